The minimum Gasteiger partial charge on any atom is -0.491 e. The molecule has 0 atom stereocenters. The Balaban J connectivity index is 2.11. The monoisotopic (exact) mass is 279 g/mol. The Morgan fingerprint density at radius 3 is 2.55 bits per heavy atom. The quantitative estimate of drug-likeness (QED) is 0.809. The van der Waals surface area contributed by atoms with Crippen LogP contribution >= 0.6 is 0 Å². The lowest BCUT2D eigenvalue weighted by Gasteiger charge is -2.38. The van der Waals surface area contributed by atoms with Gasteiger partial charge in [-0.15, -0.1) is 0 Å². The van der Waals surface area contributed by atoms with Crippen LogP contribution in [0, 0.1) is 0 Å². The number of aliphatic hydroxyl groups is 1. The van der Waals surface area contributed by atoms with Crippen LogP contribution < -0.4 is 4.74 Å². The Bertz CT molecular complexity index is 414. The molecule has 1 saturated heterocycles. The minimum absolute atomic E-state index is 0.505. The van der Waals surface area contributed by atoms with E-state index in [0.717, 1.165) is 43.8 Å². The summed E-state index contributed by atoms with van der Waals surface area (Å²) < 4.78 is 10.8. The summed E-state index contributed by atoms with van der Waals surface area (Å²) in [6.07, 6.45) is 1.51. The third-order valence-electron chi connectivity index (χ3n) is 4.06. The molecule has 1 aliphatic rings. The molecule has 4 nitrogen and oxygen atoms in total. The number of methoxy groups -OCH3 is 1. The zero-order chi connectivity index (χ0) is 14.4. The first-order valence-electron chi connectivity index (χ1n) is 7.35. The third kappa shape index (κ3) is 3.51. The van der Waals surface area contributed by atoms with Gasteiger partial charge in [-0.3, -0.25) is 0 Å². The van der Waals surface area contributed by atoms with E-state index in [0.29, 0.717) is 13.2 Å². The van der Waals surface area contributed by atoms with Crippen LogP contribution in [0.15, 0.2) is 24.3 Å². The van der Waals surface area contributed by atoms with Crippen molar-refractivity contribution in [2.75, 3.05) is 40.0 Å². The van der Waals surface area contributed by atoms with Crippen molar-refractivity contribution in [2.45, 2.75) is 25.4 Å². The molecule has 1 aromatic rings. The molecule has 0 spiro atoms. The molecule has 112 valence electrons. The van der Waals surface area contributed by atoms with Crippen LogP contribution in [0.1, 0.15) is 25.3 Å². The zero-order valence-corrected chi connectivity index (χ0v) is 12.5. The lowest BCUT2D eigenvalue weighted by Crippen LogP contribution is -2.42. The van der Waals surface area contributed by atoms with E-state index in [9.17, 15) is 5.11 Å². The van der Waals surface area contributed by atoms with E-state index in [1.165, 1.54) is 0 Å². The Hall–Kier alpha value is -1.10. The van der Waals surface area contributed by atoms with Crippen molar-refractivity contribution in [1.82, 2.24) is 4.90 Å². The van der Waals surface area contributed by atoms with Crippen molar-refractivity contribution in [3.8, 4) is 5.75 Å². The van der Waals surface area contributed by atoms with Crippen molar-refractivity contribution in [3.63, 3.8) is 0 Å². The van der Waals surface area contributed by atoms with Gasteiger partial charge >= 0.3 is 0 Å². The molecule has 1 heterocycles. The number of rotatable bonds is 6. The predicted octanol–water partition coefficient (Wildman–Crippen LogP) is 2.02. The van der Waals surface area contributed by atoms with Crippen LogP contribution in [0.3, 0.4) is 0 Å². The molecule has 0 amide bonds. The van der Waals surface area contributed by atoms with Crippen LogP contribution in [-0.4, -0.2) is 50.0 Å². The summed E-state index contributed by atoms with van der Waals surface area (Å²) >= 11 is 0. The van der Waals surface area contributed by atoms with Crippen LogP contribution in [0.25, 0.3) is 0 Å². The van der Waals surface area contributed by atoms with E-state index in [2.05, 4.69) is 11.8 Å². The van der Waals surface area contributed by atoms with Gasteiger partial charge in [-0.25, -0.2) is 0 Å². The summed E-state index contributed by atoms with van der Waals surface area (Å²) in [4.78, 5) is 2.36. The third-order valence-corrected chi connectivity index (χ3v) is 4.06. The van der Waals surface area contributed by atoms with Gasteiger partial charge in [0.05, 0.1) is 12.2 Å². The van der Waals surface area contributed by atoms with E-state index in [1.807, 2.05) is 24.3 Å². The predicted molar refractivity (Wildman–Crippen MR) is 79.1 cm³/mol. The van der Waals surface area contributed by atoms with E-state index >= 15 is 0 Å². The van der Waals surface area contributed by atoms with Crippen LogP contribution in [0.5, 0.6) is 5.75 Å². The first kappa shape index (κ1) is 15.3. The van der Waals surface area contributed by atoms with Crippen molar-refractivity contribution < 1.29 is 14.6 Å². The highest BCUT2D eigenvalue weighted by molar-refractivity contribution is 5.38. The first-order chi connectivity index (χ1) is 9.69. The van der Waals surface area contributed by atoms with E-state index in [-0.39, 0.29) is 0 Å². The van der Waals surface area contributed by atoms with Crippen LogP contribution in [0.2, 0.25) is 0 Å². The molecule has 0 saturated carbocycles. The maximum Gasteiger partial charge on any atom is 0.125 e. The average Bonchev–Trinajstić information content (AvgIpc) is 2.49. The normalized spacial score (nSPS) is 18.9. The Morgan fingerprint density at radius 1 is 1.20 bits per heavy atom. The zero-order valence-electron chi connectivity index (χ0n) is 12.5. The van der Waals surface area contributed by atoms with Gasteiger partial charge in [0.15, 0.2) is 0 Å². The maximum absolute atomic E-state index is 11.0. The molecular formula is C16H25NO3. The molecule has 0 radical (unpaired) electrons. The molecule has 1 N–H and O–H groups in total. The average molecular weight is 279 g/mol. The summed E-state index contributed by atoms with van der Waals surface area (Å²) in [5.74, 6) is 0.775. The first-order valence-corrected chi connectivity index (χ1v) is 7.35. The van der Waals surface area contributed by atoms with Gasteiger partial charge in [-0.05, 0) is 25.5 Å². The number of nitrogens with zero attached hydrogens (tertiary/aromatic N) is 1. The summed E-state index contributed by atoms with van der Waals surface area (Å²) in [5.41, 5.74) is 0.141. The second kappa shape index (κ2) is 7.07. The number of hydrogen-bond donors (Lipinski definition) is 1. The topological polar surface area (TPSA) is 41.9 Å². The molecule has 20 heavy (non-hydrogen) atoms. The molecule has 4 heteroatoms. The summed E-state index contributed by atoms with van der Waals surface area (Å²) in [6.45, 7) is 6.12. The lowest BCUT2D eigenvalue weighted by molar-refractivity contribution is -0.0268. The summed E-state index contributed by atoms with van der Waals surface area (Å²) in [7, 11) is 1.66. The van der Waals surface area contributed by atoms with Gasteiger partial charge in [0, 0.05) is 25.8 Å². The lowest BCUT2D eigenvalue weighted by atomic mass is 9.84. The smallest absolute Gasteiger partial charge is 0.125 e. The molecule has 0 bridgehead atoms. The second-order valence-electron chi connectivity index (χ2n) is 5.30. The van der Waals surface area contributed by atoms with Crippen LogP contribution in [-0.2, 0) is 10.3 Å². The van der Waals surface area contributed by atoms with E-state index in [1.54, 1.807) is 7.11 Å². The fourth-order valence-corrected chi connectivity index (χ4v) is 2.72. The number of para-hydroxylation sites is 1. The molecule has 0 aliphatic carbocycles. The Morgan fingerprint density at radius 2 is 1.90 bits per heavy atom. The van der Waals surface area contributed by atoms with Gasteiger partial charge in [-0.1, -0.05) is 25.1 Å². The van der Waals surface area contributed by atoms with Crippen molar-refractivity contribution in [1.29, 1.82) is 0 Å². The molecule has 1 aliphatic heterocycles. The van der Waals surface area contributed by atoms with Crippen molar-refractivity contribution >= 4 is 0 Å². The number of piperidine rings is 1. The fraction of sp³-hybridized carbons (Fsp3) is 0.625. The summed E-state index contributed by atoms with van der Waals surface area (Å²) in [5, 5.41) is 11.0. The number of likely N-dealkylation sites (tertiary alicyclic amines) is 1. The second-order valence-corrected chi connectivity index (χ2v) is 5.30. The molecular weight excluding hydrogens is 254 g/mol. The molecule has 0 aromatic heterocycles. The minimum atomic E-state index is -0.769. The van der Waals surface area contributed by atoms with Crippen LogP contribution in [0.4, 0.5) is 0 Å². The number of hydrogen-bond acceptors (Lipinski definition) is 4. The molecule has 1 fully saturated rings. The summed E-state index contributed by atoms with van der Waals surface area (Å²) in [6, 6.07) is 7.80. The van der Waals surface area contributed by atoms with Gasteiger partial charge < -0.3 is 19.5 Å². The van der Waals surface area contributed by atoms with Gasteiger partial charge in [0.25, 0.3) is 0 Å². The standard InChI is InChI=1S/C16H25NO3/c1-3-17-10-8-16(18,9-11-17)14-6-4-5-7-15(14)20-13-12-19-2/h4-7,18H,3,8-13H2,1-2H3. The van der Waals surface area contributed by atoms with Crippen molar-refractivity contribution in [2.24, 2.45) is 0 Å². The van der Waals surface area contributed by atoms with Gasteiger partial charge in [0.1, 0.15) is 12.4 Å². The number of benzene rings is 1. The van der Waals surface area contributed by atoms with Crippen molar-refractivity contribution in [3.05, 3.63) is 29.8 Å². The highest BCUT2D eigenvalue weighted by Gasteiger charge is 2.35. The SMILES string of the molecule is CCN1CCC(O)(c2ccccc2OCCOC)CC1. The van der Waals surface area contributed by atoms with E-state index in [4.69, 9.17) is 9.47 Å². The Kier molecular flexibility index (Phi) is 5.40. The molecule has 2 rings (SSSR count). The fourth-order valence-electron chi connectivity index (χ4n) is 2.72. The highest BCUT2D eigenvalue weighted by atomic mass is 16.5. The van der Waals surface area contributed by atoms with Gasteiger partial charge in [0.2, 0.25) is 0 Å². The number of ether oxygens (including phenoxy) is 2. The van der Waals surface area contributed by atoms with E-state index < -0.39 is 5.60 Å². The maximum atomic E-state index is 11.0. The molecule has 0 unspecified atom stereocenters. The van der Waals surface area contributed by atoms with Gasteiger partial charge in [-0.2, -0.15) is 0 Å². The highest BCUT2D eigenvalue weighted by Crippen LogP contribution is 2.37. The Labute approximate surface area is 121 Å². The largest absolute Gasteiger partial charge is 0.491 e. The molecule has 1 aromatic carbocycles.